The number of nitrogens with zero attached hydrogens (tertiary/aromatic N) is 2. The molecule has 4 rings (SSSR count). The Kier molecular flexibility index (Phi) is 6.02. The molecule has 29 heavy (non-hydrogen) atoms. The van der Waals surface area contributed by atoms with E-state index in [1.807, 2.05) is 42.2 Å². The third kappa shape index (κ3) is 4.39. The van der Waals surface area contributed by atoms with Crippen molar-refractivity contribution in [1.82, 2.24) is 4.90 Å². The Labute approximate surface area is 174 Å². The first-order valence-electron chi connectivity index (χ1n) is 10.9. The second-order valence-corrected chi connectivity index (χ2v) is 8.64. The molecular weight excluding hydrogens is 360 g/mol. The molecule has 1 N–H and O–H groups in total. The van der Waals surface area contributed by atoms with E-state index in [2.05, 4.69) is 35.2 Å². The van der Waals surface area contributed by atoms with E-state index in [1.165, 1.54) is 5.56 Å². The minimum atomic E-state index is -0.568. The predicted molar refractivity (Wildman–Crippen MR) is 117 cm³/mol. The molecule has 0 spiro atoms. The van der Waals surface area contributed by atoms with Crippen LogP contribution in [0.15, 0.2) is 60.7 Å². The highest BCUT2D eigenvalue weighted by atomic mass is 16.3. The number of likely N-dealkylation sites (tertiary alicyclic amines) is 1. The second kappa shape index (κ2) is 8.68. The summed E-state index contributed by atoms with van der Waals surface area (Å²) in [5.41, 5.74) is 1.75. The highest BCUT2D eigenvalue weighted by molar-refractivity contribution is 5.98. The lowest BCUT2D eigenvalue weighted by atomic mass is 9.80. The Morgan fingerprint density at radius 3 is 2.21 bits per heavy atom. The number of aliphatic hydroxyl groups excluding tert-OH is 1. The highest BCUT2D eigenvalue weighted by Gasteiger charge is 2.49. The van der Waals surface area contributed by atoms with E-state index >= 15 is 0 Å². The smallest absolute Gasteiger partial charge is 0.230 e. The highest BCUT2D eigenvalue weighted by Crippen LogP contribution is 2.41. The fourth-order valence-corrected chi connectivity index (χ4v) is 4.62. The molecule has 1 saturated heterocycles. The lowest BCUT2D eigenvalue weighted by molar-refractivity contribution is -0.122. The topological polar surface area (TPSA) is 43.8 Å². The van der Waals surface area contributed by atoms with Gasteiger partial charge in [0.2, 0.25) is 5.91 Å². The molecule has 4 nitrogen and oxygen atoms in total. The molecule has 2 fully saturated rings. The van der Waals surface area contributed by atoms with Crippen LogP contribution in [-0.2, 0) is 11.2 Å². The number of rotatable bonds is 7. The summed E-state index contributed by atoms with van der Waals surface area (Å²) in [4.78, 5) is 17.7. The van der Waals surface area contributed by atoms with Gasteiger partial charge in [-0.25, -0.2) is 0 Å². The largest absolute Gasteiger partial charge is 0.391 e. The first-order chi connectivity index (χ1) is 14.1. The molecule has 1 atom stereocenters. The Balaban J connectivity index is 1.50. The van der Waals surface area contributed by atoms with E-state index in [1.54, 1.807) is 0 Å². The van der Waals surface area contributed by atoms with Crippen LogP contribution in [0.3, 0.4) is 0 Å². The Morgan fingerprint density at radius 1 is 1.07 bits per heavy atom. The summed E-state index contributed by atoms with van der Waals surface area (Å²) in [5, 5.41) is 10.9. The number of amides is 1. The van der Waals surface area contributed by atoms with Crippen molar-refractivity contribution in [3.05, 3.63) is 66.2 Å². The lowest BCUT2D eigenvalue weighted by Crippen LogP contribution is -2.63. The van der Waals surface area contributed by atoms with Crippen LogP contribution in [0.4, 0.5) is 5.69 Å². The van der Waals surface area contributed by atoms with Gasteiger partial charge in [0, 0.05) is 31.2 Å². The summed E-state index contributed by atoms with van der Waals surface area (Å²) in [7, 11) is 0. The molecule has 0 radical (unpaired) electrons. The van der Waals surface area contributed by atoms with Crippen LogP contribution in [0, 0.1) is 5.92 Å². The van der Waals surface area contributed by atoms with E-state index in [0.29, 0.717) is 0 Å². The SMILES string of the molecule is CC(O)C1(N(C(=O)C2CC2)c2ccccc2)CCN(CCc2ccccc2)CC1. The summed E-state index contributed by atoms with van der Waals surface area (Å²) in [5.74, 6) is 0.316. The molecule has 1 saturated carbocycles. The Bertz CT molecular complexity index is 794. The Hall–Kier alpha value is -2.17. The first-order valence-corrected chi connectivity index (χ1v) is 10.9. The van der Waals surface area contributed by atoms with Gasteiger partial charge in [-0.2, -0.15) is 0 Å². The van der Waals surface area contributed by atoms with Crippen LogP contribution in [0.25, 0.3) is 0 Å². The van der Waals surface area contributed by atoms with E-state index in [-0.39, 0.29) is 11.8 Å². The first kappa shape index (κ1) is 20.1. The van der Waals surface area contributed by atoms with Gasteiger partial charge in [0.1, 0.15) is 0 Å². The zero-order valence-corrected chi connectivity index (χ0v) is 17.3. The van der Waals surface area contributed by atoms with Gasteiger partial charge in [0.05, 0.1) is 11.6 Å². The van der Waals surface area contributed by atoms with Gasteiger partial charge in [-0.3, -0.25) is 4.79 Å². The zero-order chi connectivity index (χ0) is 20.3. The van der Waals surface area contributed by atoms with Crippen molar-refractivity contribution in [2.75, 3.05) is 24.5 Å². The summed E-state index contributed by atoms with van der Waals surface area (Å²) in [6.07, 6.45) is 4.01. The zero-order valence-electron chi connectivity index (χ0n) is 17.3. The van der Waals surface area contributed by atoms with Crippen LogP contribution in [0.1, 0.15) is 38.2 Å². The summed E-state index contributed by atoms with van der Waals surface area (Å²) in [6.45, 7) is 4.68. The van der Waals surface area contributed by atoms with Crippen molar-refractivity contribution in [3.8, 4) is 0 Å². The molecule has 2 aliphatic rings. The average molecular weight is 393 g/mol. The quantitative estimate of drug-likeness (QED) is 0.777. The van der Waals surface area contributed by atoms with Crippen molar-refractivity contribution in [2.24, 2.45) is 5.92 Å². The van der Waals surface area contributed by atoms with E-state index < -0.39 is 11.6 Å². The summed E-state index contributed by atoms with van der Waals surface area (Å²) >= 11 is 0. The normalized spacial score (nSPS) is 20.2. The standard InChI is InChI=1S/C25H32N2O2/c1-20(28)25(27(24(29)22-12-13-22)23-10-6-3-7-11-23)15-18-26(19-16-25)17-14-21-8-4-2-5-9-21/h2-11,20,22,28H,12-19H2,1H3. The van der Waals surface area contributed by atoms with Crippen LogP contribution >= 0.6 is 0 Å². The third-order valence-electron chi connectivity index (χ3n) is 6.67. The molecular formula is C25H32N2O2. The van der Waals surface area contributed by atoms with Crippen LogP contribution in [-0.4, -0.2) is 47.2 Å². The monoisotopic (exact) mass is 392 g/mol. The van der Waals surface area contributed by atoms with Crippen LogP contribution in [0.5, 0.6) is 0 Å². The number of carbonyl (C=O) groups excluding carboxylic acids is 1. The van der Waals surface area contributed by atoms with Gasteiger partial charge >= 0.3 is 0 Å². The van der Waals surface area contributed by atoms with Gasteiger partial charge in [-0.05, 0) is 56.7 Å². The van der Waals surface area contributed by atoms with Crippen molar-refractivity contribution in [1.29, 1.82) is 0 Å². The molecule has 0 aromatic heterocycles. The summed E-state index contributed by atoms with van der Waals surface area (Å²) in [6, 6.07) is 20.5. The number of anilines is 1. The molecule has 2 aromatic rings. The fraction of sp³-hybridized carbons (Fsp3) is 0.480. The van der Waals surface area contributed by atoms with Gasteiger partial charge in [-0.15, -0.1) is 0 Å². The minimum absolute atomic E-state index is 0.127. The number of piperidine rings is 1. The maximum atomic E-state index is 13.3. The number of hydrogen-bond donors (Lipinski definition) is 1. The molecule has 1 aliphatic heterocycles. The average Bonchev–Trinajstić information content (AvgIpc) is 3.60. The van der Waals surface area contributed by atoms with Gasteiger partial charge in [0.15, 0.2) is 0 Å². The number of carbonyl (C=O) groups is 1. The van der Waals surface area contributed by atoms with Gasteiger partial charge in [-0.1, -0.05) is 48.5 Å². The van der Waals surface area contributed by atoms with Crippen molar-refractivity contribution >= 4 is 11.6 Å². The molecule has 1 aliphatic carbocycles. The molecule has 4 heteroatoms. The molecule has 1 heterocycles. The number of hydrogen-bond acceptors (Lipinski definition) is 3. The third-order valence-corrected chi connectivity index (χ3v) is 6.67. The molecule has 1 unspecified atom stereocenters. The molecule has 154 valence electrons. The van der Waals surface area contributed by atoms with E-state index in [0.717, 1.165) is 57.4 Å². The fourth-order valence-electron chi connectivity index (χ4n) is 4.62. The van der Waals surface area contributed by atoms with Gasteiger partial charge < -0.3 is 14.9 Å². The molecule has 0 bridgehead atoms. The number of benzene rings is 2. The Morgan fingerprint density at radius 2 is 1.66 bits per heavy atom. The van der Waals surface area contributed by atoms with Crippen LogP contribution < -0.4 is 4.90 Å². The van der Waals surface area contributed by atoms with Crippen LogP contribution in [0.2, 0.25) is 0 Å². The lowest BCUT2D eigenvalue weighted by Gasteiger charge is -2.50. The molecule has 2 aromatic carbocycles. The van der Waals surface area contributed by atoms with Crippen molar-refractivity contribution in [3.63, 3.8) is 0 Å². The minimum Gasteiger partial charge on any atom is -0.391 e. The predicted octanol–water partition coefficient (Wildman–Crippen LogP) is 3.89. The van der Waals surface area contributed by atoms with Gasteiger partial charge in [0.25, 0.3) is 0 Å². The van der Waals surface area contributed by atoms with E-state index in [4.69, 9.17) is 0 Å². The van der Waals surface area contributed by atoms with Crippen molar-refractivity contribution < 1.29 is 9.90 Å². The number of aliphatic hydroxyl groups is 1. The number of para-hydroxylation sites is 1. The maximum absolute atomic E-state index is 13.3. The second-order valence-electron chi connectivity index (χ2n) is 8.64. The van der Waals surface area contributed by atoms with E-state index in [9.17, 15) is 9.90 Å². The molecule has 1 amide bonds. The summed E-state index contributed by atoms with van der Waals surface area (Å²) < 4.78 is 0. The van der Waals surface area contributed by atoms with Crippen molar-refractivity contribution in [2.45, 2.75) is 50.7 Å². The maximum Gasteiger partial charge on any atom is 0.230 e.